The molecule has 5 atom stereocenters. The summed E-state index contributed by atoms with van der Waals surface area (Å²) >= 11 is 1.59. The lowest BCUT2D eigenvalue weighted by molar-refractivity contribution is -0.154. The number of hydrogen-bond donors (Lipinski definition) is 1. The van der Waals surface area contributed by atoms with Gasteiger partial charge >= 0.3 is 5.97 Å². The van der Waals surface area contributed by atoms with Crippen molar-refractivity contribution < 1.29 is 24.2 Å². The van der Waals surface area contributed by atoms with Crippen molar-refractivity contribution in [3.8, 4) is 0 Å². The van der Waals surface area contributed by atoms with Crippen LogP contribution in [0, 0.1) is 11.8 Å². The van der Waals surface area contributed by atoms with Crippen molar-refractivity contribution in [2.75, 3.05) is 26.3 Å². The highest BCUT2D eigenvalue weighted by Crippen LogP contribution is 2.71. The lowest BCUT2D eigenvalue weighted by Crippen LogP contribution is -2.55. The predicted molar refractivity (Wildman–Crippen MR) is 143 cm³/mol. The molecule has 4 heterocycles. The van der Waals surface area contributed by atoms with Gasteiger partial charge in [0, 0.05) is 24.4 Å². The fraction of sp³-hybridized carbons (Fsp3) is 0.519. The standard InChI is InChI=1S/C27H33N5O5S/c1-4-13-30(17-32-19-10-7-6-9-18(19)28-29-32)24(35)22-27-12-11-26(3,38-27)21(25(36)37-16-5-2)20(27)23(34)31(22)14-8-15-33/h4-7,9-10,20-22,33H,1-2,8,11-17H2,3H3/t20-,21+,22?,26-,27?/m0/s1. The highest BCUT2D eigenvalue weighted by molar-refractivity contribution is 8.02. The number of ether oxygens (including phenoxy) is 1. The molecule has 2 aromatic rings. The van der Waals surface area contributed by atoms with Gasteiger partial charge in [0.25, 0.3) is 0 Å². The Kier molecular flexibility index (Phi) is 7.08. The van der Waals surface area contributed by atoms with Gasteiger partial charge in [0.05, 0.1) is 22.1 Å². The van der Waals surface area contributed by atoms with Crippen molar-refractivity contribution in [1.82, 2.24) is 24.8 Å². The highest BCUT2D eigenvalue weighted by atomic mass is 32.2. The molecule has 1 aromatic heterocycles. The average Bonchev–Trinajstić information content (AvgIpc) is 3.61. The zero-order valence-electron chi connectivity index (χ0n) is 21.5. The summed E-state index contributed by atoms with van der Waals surface area (Å²) in [6, 6.07) is 6.72. The van der Waals surface area contributed by atoms with Gasteiger partial charge in [-0.15, -0.1) is 23.4 Å². The van der Waals surface area contributed by atoms with Gasteiger partial charge in [-0.2, -0.15) is 0 Å². The third-order valence-corrected chi connectivity index (χ3v) is 10.0. The molecular formula is C27H33N5O5S. The maximum atomic E-state index is 14.4. The molecule has 0 aliphatic carbocycles. The van der Waals surface area contributed by atoms with E-state index in [-0.39, 0.29) is 44.8 Å². The van der Waals surface area contributed by atoms with Crippen LogP contribution < -0.4 is 0 Å². The van der Waals surface area contributed by atoms with E-state index in [1.807, 2.05) is 31.2 Å². The second-order valence-corrected chi connectivity index (χ2v) is 12.2. The summed E-state index contributed by atoms with van der Waals surface area (Å²) in [6.07, 6.45) is 4.82. The van der Waals surface area contributed by atoms with Crippen molar-refractivity contribution in [3.63, 3.8) is 0 Å². The number of rotatable bonds is 11. The summed E-state index contributed by atoms with van der Waals surface area (Å²) in [6.45, 7) is 10.0. The van der Waals surface area contributed by atoms with Crippen molar-refractivity contribution in [1.29, 1.82) is 0 Å². The van der Waals surface area contributed by atoms with Crippen LogP contribution in [0.1, 0.15) is 26.2 Å². The first-order valence-electron chi connectivity index (χ1n) is 12.9. The van der Waals surface area contributed by atoms with E-state index in [1.54, 1.807) is 32.3 Å². The number of thioether (sulfide) groups is 1. The molecule has 0 radical (unpaired) electrons. The van der Waals surface area contributed by atoms with Crippen molar-refractivity contribution in [3.05, 3.63) is 49.6 Å². The van der Waals surface area contributed by atoms with E-state index in [0.717, 1.165) is 11.0 Å². The molecule has 3 fully saturated rings. The number of fused-ring (bicyclic) bond motifs is 2. The minimum absolute atomic E-state index is 0.0690. The normalized spacial score (nSPS) is 29.5. The summed E-state index contributed by atoms with van der Waals surface area (Å²) in [7, 11) is 0. The lowest BCUT2D eigenvalue weighted by atomic mass is 9.66. The molecule has 3 saturated heterocycles. The highest BCUT2D eigenvalue weighted by Gasteiger charge is 2.77. The Morgan fingerprint density at radius 2 is 2.08 bits per heavy atom. The topological polar surface area (TPSA) is 118 Å². The van der Waals surface area contributed by atoms with Gasteiger partial charge in [0.15, 0.2) is 0 Å². The maximum Gasteiger partial charge on any atom is 0.311 e. The van der Waals surface area contributed by atoms with Crippen LogP contribution in [-0.2, 0) is 25.8 Å². The molecule has 2 unspecified atom stereocenters. The second-order valence-electron chi connectivity index (χ2n) is 10.3. The zero-order valence-corrected chi connectivity index (χ0v) is 22.3. The molecular weight excluding hydrogens is 506 g/mol. The fourth-order valence-corrected chi connectivity index (χ4v) is 8.84. The Morgan fingerprint density at radius 1 is 1.29 bits per heavy atom. The zero-order chi connectivity index (χ0) is 27.1. The number of carbonyl (C=O) groups is 3. The number of amides is 2. The Labute approximate surface area is 225 Å². The summed E-state index contributed by atoms with van der Waals surface area (Å²) in [5, 5.41) is 18.0. The molecule has 1 aromatic carbocycles. The second kappa shape index (κ2) is 10.2. The monoisotopic (exact) mass is 539 g/mol. The smallest absolute Gasteiger partial charge is 0.311 e. The van der Waals surface area contributed by atoms with Crippen LogP contribution in [0.5, 0.6) is 0 Å². The number of aliphatic hydroxyl groups excluding tert-OH is 1. The minimum Gasteiger partial charge on any atom is -0.461 e. The van der Waals surface area contributed by atoms with E-state index in [1.165, 1.54) is 6.08 Å². The molecule has 202 valence electrons. The third kappa shape index (κ3) is 4.03. The first kappa shape index (κ1) is 26.4. The van der Waals surface area contributed by atoms with E-state index in [2.05, 4.69) is 23.5 Å². The fourth-order valence-electron chi connectivity index (χ4n) is 6.50. The molecule has 3 aliphatic heterocycles. The summed E-state index contributed by atoms with van der Waals surface area (Å²) < 4.78 is 5.84. The van der Waals surface area contributed by atoms with Crippen LogP contribution in [0.15, 0.2) is 49.6 Å². The van der Waals surface area contributed by atoms with Crippen LogP contribution in [0.25, 0.3) is 11.0 Å². The van der Waals surface area contributed by atoms with Gasteiger partial charge < -0.3 is 19.6 Å². The van der Waals surface area contributed by atoms with Crippen molar-refractivity contribution >= 4 is 40.6 Å². The lowest BCUT2D eigenvalue weighted by Gasteiger charge is -2.37. The van der Waals surface area contributed by atoms with E-state index in [4.69, 9.17) is 4.74 Å². The average molecular weight is 540 g/mol. The number of hydrogen-bond acceptors (Lipinski definition) is 8. The quantitative estimate of drug-likeness (QED) is 0.340. The van der Waals surface area contributed by atoms with Crippen LogP contribution in [0.3, 0.4) is 0 Å². The Bertz CT molecular complexity index is 1280. The number of nitrogens with zero attached hydrogens (tertiary/aromatic N) is 5. The number of para-hydroxylation sites is 1. The van der Waals surface area contributed by atoms with Gasteiger partial charge in [-0.1, -0.05) is 36.1 Å². The number of esters is 1. The Hall–Kier alpha value is -3.18. The number of carbonyl (C=O) groups excluding carboxylic acids is 3. The molecule has 2 bridgehead atoms. The van der Waals surface area contributed by atoms with Crippen LogP contribution in [0.4, 0.5) is 0 Å². The third-order valence-electron chi connectivity index (χ3n) is 8.05. The summed E-state index contributed by atoms with van der Waals surface area (Å²) in [4.78, 5) is 44.8. The van der Waals surface area contributed by atoms with E-state index in [0.29, 0.717) is 19.3 Å². The molecule has 11 heteroatoms. The SMILES string of the molecule is C=CCOC(=O)[C@H]1[C@H]2C(=O)N(CCCO)C(C(=O)N(CC=C)Cn3nnc4ccccc43)C23CC[C@]1(C)S3. The maximum absolute atomic E-state index is 14.4. The summed E-state index contributed by atoms with van der Waals surface area (Å²) in [5.74, 6) is -2.20. The van der Waals surface area contributed by atoms with Gasteiger partial charge in [-0.3, -0.25) is 14.4 Å². The Balaban J connectivity index is 1.52. The predicted octanol–water partition coefficient (Wildman–Crippen LogP) is 2.00. The van der Waals surface area contributed by atoms with Gasteiger partial charge in [0.1, 0.15) is 24.8 Å². The number of aliphatic hydroxyl groups is 1. The minimum atomic E-state index is -0.787. The largest absolute Gasteiger partial charge is 0.461 e. The number of likely N-dealkylation sites (tertiary alicyclic amines) is 1. The van der Waals surface area contributed by atoms with Crippen LogP contribution in [-0.4, -0.2) is 89.5 Å². The molecule has 38 heavy (non-hydrogen) atoms. The van der Waals surface area contributed by atoms with Gasteiger partial charge in [-0.25, -0.2) is 4.68 Å². The van der Waals surface area contributed by atoms with E-state index in [9.17, 15) is 19.5 Å². The Morgan fingerprint density at radius 3 is 2.82 bits per heavy atom. The molecule has 10 nitrogen and oxygen atoms in total. The van der Waals surface area contributed by atoms with Crippen LogP contribution in [0.2, 0.25) is 0 Å². The molecule has 3 aliphatic rings. The van der Waals surface area contributed by atoms with Gasteiger partial charge in [0.2, 0.25) is 11.8 Å². The molecule has 0 saturated carbocycles. The first-order chi connectivity index (χ1) is 18.3. The summed E-state index contributed by atoms with van der Waals surface area (Å²) in [5.41, 5.74) is 1.51. The van der Waals surface area contributed by atoms with Crippen molar-refractivity contribution in [2.45, 2.75) is 48.4 Å². The molecule has 5 rings (SSSR count). The first-order valence-corrected chi connectivity index (χ1v) is 13.7. The van der Waals surface area contributed by atoms with Gasteiger partial charge in [-0.05, 0) is 38.3 Å². The van der Waals surface area contributed by atoms with E-state index < -0.39 is 33.3 Å². The van der Waals surface area contributed by atoms with Crippen molar-refractivity contribution in [2.24, 2.45) is 11.8 Å². The molecule has 2 amide bonds. The number of aromatic nitrogens is 3. The molecule has 1 N–H and O–H groups in total. The molecule has 1 spiro atoms. The number of benzene rings is 1. The van der Waals surface area contributed by atoms with E-state index >= 15 is 0 Å². The van der Waals surface area contributed by atoms with Crippen LogP contribution >= 0.6 is 11.8 Å².